The summed E-state index contributed by atoms with van der Waals surface area (Å²) in [4.78, 5) is 14.5. The molecule has 27 heavy (non-hydrogen) atoms. The summed E-state index contributed by atoms with van der Waals surface area (Å²) in [5.74, 6) is -0.199. The minimum absolute atomic E-state index is 0.00228. The van der Waals surface area contributed by atoms with Crippen LogP contribution in [0.1, 0.15) is 36.7 Å². The standard InChI is InChI=1S/C20H27N3O3S/c1-4-23(5-2)19-13-7-16(8-14-19)15-21-20(24)17-9-11-18(12-10-17)22-27(25,26)6-3/h7-14,22H,4-6,15H2,1-3H3,(H,21,24). The third kappa shape index (κ3) is 5.99. The van der Waals surface area contributed by atoms with E-state index >= 15 is 0 Å². The van der Waals surface area contributed by atoms with Gasteiger partial charge >= 0.3 is 0 Å². The SMILES string of the molecule is CCN(CC)c1ccc(CNC(=O)c2ccc(NS(=O)(=O)CC)cc2)cc1. The Balaban J connectivity index is 1.93. The highest BCUT2D eigenvalue weighted by molar-refractivity contribution is 7.92. The van der Waals surface area contributed by atoms with Crippen molar-refractivity contribution < 1.29 is 13.2 Å². The van der Waals surface area contributed by atoms with Crippen LogP contribution in [-0.2, 0) is 16.6 Å². The zero-order valence-electron chi connectivity index (χ0n) is 16.0. The van der Waals surface area contributed by atoms with Crippen molar-refractivity contribution in [1.82, 2.24) is 5.32 Å². The largest absolute Gasteiger partial charge is 0.372 e. The first kappa shape index (κ1) is 20.8. The first-order valence-corrected chi connectivity index (χ1v) is 10.8. The van der Waals surface area contributed by atoms with Gasteiger partial charge in [0.25, 0.3) is 5.91 Å². The van der Waals surface area contributed by atoms with Crippen LogP contribution in [0.3, 0.4) is 0 Å². The predicted molar refractivity (Wildman–Crippen MR) is 111 cm³/mol. The molecular weight excluding hydrogens is 362 g/mol. The second kappa shape index (κ2) is 9.41. The Hall–Kier alpha value is -2.54. The van der Waals surface area contributed by atoms with Crippen LogP contribution in [0, 0.1) is 0 Å². The van der Waals surface area contributed by atoms with Crippen molar-refractivity contribution in [2.24, 2.45) is 0 Å². The topological polar surface area (TPSA) is 78.5 Å². The first-order chi connectivity index (χ1) is 12.9. The second-order valence-electron chi connectivity index (χ2n) is 6.10. The molecule has 0 spiro atoms. The number of amides is 1. The molecule has 0 atom stereocenters. The van der Waals surface area contributed by atoms with Crippen LogP contribution >= 0.6 is 0 Å². The number of benzene rings is 2. The third-order valence-electron chi connectivity index (χ3n) is 4.32. The summed E-state index contributed by atoms with van der Waals surface area (Å²) in [7, 11) is -3.32. The number of anilines is 2. The molecule has 1 amide bonds. The summed E-state index contributed by atoms with van der Waals surface area (Å²) in [6.45, 7) is 8.15. The van der Waals surface area contributed by atoms with Crippen LogP contribution in [0.15, 0.2) is 48.5 Å². The summed E-state index contributed by atoms with van der Waals surface area (Å²) >= 11 is 0. The van der Waals surface area contributed by atoms with E-state index in [1.807, 2.05) is 12.1 Å². The molecule has 2 N–H and O–H groups in total. The molecule has 0 saturated carbocycles. The lowest BCUT2D eigenvalue weighted by atomic mass is 10.1. The van der Waals surface area contributed by atoms with Crippen molar-refractivity contribution in [3.63, 3.8) is 0 Å². The average molecular weight is 390 g/mol. The normalized spacial score (nSPS) is 11.1. The lowest BCUT2D eigenvalue weighted by Gasteiger charge is -2.21. The van der Waals surface area contributed by atoms with E-state index in [9.17, 15) is 13.2 Å². The minimum atomic E-state index is -3.32. The van der Waals surface area contributed by atoms with Gasteiger partial charge in [0.05, 0.1) is 5.75 Å². The van der Waals surface area contributed by atoms with E-state index in [4.69, 9.17) is 0 Å². The molecule has 0 unspecified atom stereocenters. The van der Waals surface area contributed by atoms with Crippen LogP contribution in [-0.4, -0.2) is 33.2 Å². The summed E-state index contributed by atoms with van der Waals surface area (Å²) < 4.78 is 25.6. The van der Waals surface area contributed by atoms with Gasteiger partial charge in [-0.25, -0.2) is 8.42 Å². The monoisotopic (exact) mass is 389 g/mol. The van der Waals surface area contributed by atoms with E-state index < -0.39 is 10.0 Å². The Morgan fingerprint density at radius 2 is 1.52 bits per heavy atom. The Kier molecular flexibility index (Phi) is 7.24. The van der Waals surface area contributed by atoms with Gasteiger partial charge in [0.15, 0.2) is 0 Å². The van der Waals surface area contributed by atoms with Gasteiger partial charge in [0.2, 0.25) is 10.0 Å². The molecule has 0 radical (unpaired) electrons. The number of hydrogen-bond acceptors (Lipinski definition) is 4. The lowest BCUT2D eigenvalue weighted by Crippen LogP contribution is -2.23. The zero-order chi connectivity index (χ0) is 19.9. The number of hydrogen-bond donors (Lipinski definition) is 2. The molecule has 2 aromatic rings. The summed E-state index contributed by atoms with van der Waals surface area (Å²) in [5.41, 5.74) is 3.11. The molecule has 0 aliphatic carbocycles. The van der Waals surface area contributed by atoms with Crippen molar-refractivity contribution >= 4 is 27.3 Å². The molecule has 0 aromatic heterocycles. The molecule has 2 aromatic carbocycles. The van der Waals surface area contributed by atoms with E-state index in [1.165, 1.54) is 5.69 Å². The molecule has 0 fully saturated rings. The van der Waals surface area contributed by atoms with E-state index in [0.717, 1.165) is 18.7 Å². The van der Waals surface area contributed by atoms with Crippen LogP contribution in [0.25, 0.3) is 0 Å². The molecule has 0 bridgehead atoms. The van der Waals surface area contributed by atoms with Crippen molar-refractivity contribution in [1.29, 1.82) is 0 Å². The number of nitrogens with one attached hydrogen (secondary N) is 2. The Labute approximate surface area is 161 Å². The number of sulfonamides is 1. The van der Waals surface area contributed by atoms with Crippen LogP contribution in [0.2, 0.25) is 0 Å². The summed E-state index contributed by atoms with van der Waals surface area (Å²) in [5, 5.41) is 2.88. The fourth-order valence-electron chi connectivity index (χ4n) is 2.64. The van der Waals surface area contributed by atoms with E-state index in [1.54, 1.807) is 31.2 Å². The molecule has 0 heterocycles. The van der Waals surface area contributed by atoms with Gasteiger partial charge in [-0.2, -0.15) is 0 Å². The molecule has 7 heteroatoms. The zero-order valence-corrected chi connectivity index (χ0v) is 16.8. The Morgan fingerprint density at radius 3 is 2.04 bits per heavy atom. The fourth-order valence-corrected chi connectivity index (χ4v) is 3.28. The number of rotatable bonds is 9. The average Bonchev–Trinajstić information content (AvgIpc) is 2.68. The van der Waals surface area contributed by atoms with Crippen molar-refractivity contribution in [2.45, 2.75) is 27.3 Å². The molecular formula is C20H27N3O3S. The van der Waals surface area contributed by atoms with Gasteiger partial charge in [-0.3, -0.25) is 9.52 Å². The molecule has 2 rings (SSSR count). The molecule has 0 aliphatic rings. The maximum Gasteiger partial charge on any atom is 0.251 e. The molecule has 146 valence electrons. The highest BCUT2D eigenvalue weighted by Crippen LogP contribution is 2.15. The van der Waals surface area contributed by atoms with Gasteiger partial charge in [-0.05, 0) is 62.7 Å². The van der Waals surface area contributed by atoms with Crippen molar-refractivity contribution in [3.8, 4) is 0 Å². The third-order valence-corrected chi connectivity index (χ3v) is 5.63. The van der Waals surface area contributed by atoms with Crippen LogP contribution in [0.4, 0.5) is 11.4 Å². The number of carbonyl (C=O) groups is 1. The maximum absolute atomic E-state index is 12.3. The molecule has 0 aliphatic heterocycles. The van der Waals surface area contributed by atoms with E-state index in [2.05, 4.69) is 40.9 Å². The van der Waals surface area contributed by atoms with Crippen molar-refractivity contribution in [2.75, 3.05) is 28.5 Å². The van der Waals surface area contributed by atoms with Crippen molar-refractivity contribution in [3.05, 3.63) is 59.7 Å². The van der Waals surface area contributed by atoms with Gasteiger partial charge in [-0.15, -0.1) is 0 Å². The first-order valence-electron chi connectivity index (χ1n) is 9.11. The maximum atomic E-state index is 12.3. The molecule has 0 saturated heterocycles. The second-order valence-corrected chi connectivity index (χ2v) is 8.12. The highest BCUT2D eigenvalue weighted by atomic mass is 32.2. The van der Waals surface area contributed by atoms with Crippen LogP contribution < -0.4 is 14.9 Å². The van der Waals surface area contributed by atoms with E-state index in [0.29, 0.717) is 17.8 Å². The number of nitrogens with zero attached hydrogens (tertiary/aromatic N) is 1. The lowest BCUT2D eigenvalue weighted by molar-refractivity contribution is 0.0951. The summed E-state index contributed by atoms with van der Waals surface area (Å²) in [6.07, 6.45) is 0. The van der Waals surface area contributed by atoms with Gasteiger partial charge in [0.1, 0.15) is 0 Å². The smallest absolute Gasteiger partial charge is 0.251 e. The Morgan fingerprint density at radius 1 is 0.926 bits per heavy atom. The Bertz CT molecular complexity index is 843. The molecule has 6 nitrogen and oxygen atoms in total. The highest BCUT2D eigenvalue weighted by Gasteiger charge is 2.09. The fraction of sp³-hybridized carbons (Fsp3) is 0.350. The van der Waals surface area contributed by atoms with Gasteiger partial charge < -0.3 is 10.2 Å². The van der Waals surface area contributed by atoms with E-state index in [-0.39, 0.29) is 11.7 Å². The predicted octanol–water partition coefficient (Wildman–Crippen LogP) is 3.22. The quantitative estimate of drug-likeness (QED) is 0.690. The van der Waals surface area contributed by atoms with Gasteiger partial charge in [-0.1, -0.05) is 12.1 Å². The van der Waals surface area contributed by atoms with Crippen LogP contribution in [0.5, 0.6) is 0 Å². The summed E-state index contributed by atoms with van der Waals surface area (Å²) in [6, 6.07) is 14.5. The minimum Gasteiger partial charge on any atom is -0.372 e. The van der Waals surface area contributed by atoms with Gasteiger partial charge in [0, 0.05) is 36.6 Å². The number of carbonyl (C=O) groups excluding carboxylic acids is 1.